The Hall–Kier alpha value is -3.64. The number of H-pyrrole nitrogens is 1. The van der Waals surface area contributed by atoms with Crippen LogP contribution in [0.1, 0.15) is 35.4 Å². The highest BCUT2D eigenvalue weighted by molar-refractivity contribution is 5.61. The number of nitrogens with zero attached hydrogens (tertiary/aromatic N) is 6. The van der Waals surface area contributed by atoms with E-state index in [1.807, 2.05) is 0 Å². The van der Waals surface area contributed by atoms with Crippen molar-refractivity contribution in [2.75, 3.05) is 11.4 Å². The van der Waals surface area contributed by atoms with E-state index in [4.69, 9.17) is 4.42 Å². The van der Waals surface area contributed by atoms with E-state index in [1.165, 1.54) is 23.0 Å². The number of pyridine rings is 1. The van der Waals surface area contributed by atoms with Gasteiger partial charge in [0.25, 0.3) is 5.89 Å². The van der Waals surface area contributed by atoms with Crippen LogP contribution in [0.25, 0.3) is 5.52 Å². The lowest BCUT2D eigenvalue weighted by Gasteiger charge is -2.32. The molecule has 9 nitrogen and oxygen atoms in total. The number of hydrogen-bond donors (Lipinski definition) is 1. The van der Waals surface area contributed by atoms with Crippen molar-refractivity contribution in [2.45, 2.75) is 25.5 Å². The summed E-state index contributed by atoms with van der Waals surface area (Å²) in [5, 5.41) is 11.6. The second-order valence-electron chi connectivity index (χ2n) is 6.49. The van der Waals surface area contributed by atoms with Crippen LogP contribution < -0.4 is 9.64 Å². The van der Waals surface area contributed by atoms with Gasteiger partial charge in [0, 0.05) is 24.9 Å². The number of fused-ring (bicyclic) bond motifs is 2. The fraction of sp³-hybridized carbons (Fsp3) is 0.294. The van der Waals surface area contributed by atoms with Gasteiger partial charge in [-0.25, -0.2) is 9.50 Å². The highest BCUT2D eigenvalue weighted by Crippen LogP contribution is 2.37. The summed E-state index contributed by atoms with van der Waals surface area (Å²) in [6, 6.07) is 3.73. The van der Waals surface area contributed by atoms with E-state index >= 15 is 0 Å². The summed E-state index contributed by atoms with van der Waals surface area (Å²) >= 11 is 0. The van der Waals surface area contributed by atoms with Crippen molar-refractivity contribution in [1.82, 2.24) is 29.8 Å². The predicted octanol–water partition coefficient (Wildman–Crippen LogP) is 3.13. The first-order valence-electron chi connectivity index (χ1n) is 8.84. The van der Waals surface area contributed by atoms with Crippen LogP contribution in [-0.2, 0) is 6.42 Å². The summed E-state index contributed by atoms with van der Waals surface area (Å²) < 4.78 is 62.4. The minimum Gasteiger partial charge on any atom is -0.433 e. The molecule has 30 heavy (non-hydrogen) atoms. The summed E-state index contributed by atoms with van der Waals surface area (Å²) in [7, 11) is 0. The van der Waals surface area contributed by atoms with Gasteiger partial charge in [-0.1, -0.05) is 5.10 Å². The lowest BCUT2D eigenvalue weighted by Crippen LogP contribution is -2.36. The van der Waals surface area contributed by atoms with Crippen molar-refractivity contribution in [3.8, 4) is 5.75 Å². The van der Waals surface area contributed by atoms with Crippen molar-refractivity contribution < 1.29 is 26.7 Å². The van der Waals surface area contributed by atoms with Gasteiger partial charge < -0.3 is 19.0 Å². The maximum atomic E-state index is 12.9. The monoisotopic (exact) mass is 423 g/mol. The normalized spacial score (nSPS) is 16.6. The zero-order valence-corrected chi connectivity index (χ0v) is 15.0. The molecule has 1 atom stereocenters. The summed E-state index contributed by atoms with van der Waals surface area (Å²) in [6.07, 6.45) is 0.725. The maximum absolute atomic E-state index is 12.9. The number of halogens is 4. The Morgan fingerprint density at radius 3 is 2.87 bits per heavy atom. The second-order valence-corrected chi connectivity index (χ2v) is 6.49. The number of imidazole rings is 1. The van der Waals surface area contributed by atoms with Crippen LogP contribution in [0.2, 0.25) is 0 Å². The molecule has 1 N–H and O–H groups in total. The van der Waals surface area contributed by atoms with E-state index < -0.39 is 25.0 Å². The van der Waals surface area contributed by atoms with Gasteiger partial charge in [0.1, 0.15) is 11.6 Å². The molecule has 0 amide bonds. The molecule has 4 aromatic rings. The Bertz CT molecular complexity index is 1190. The summed E-state index contributed by atoms with van der Waals surface area (Å²) in [4.78, 5) is 8.99. The molecule has 0 spiro atoms. The number of rotatable bonds is 5. The largest absolute Gasteiger partial charge is 0.433 e. The highest BCUT2D eigenvalue weighted by Gasteiger charge is 2.36. The third-order valence-corrected chi connectivity index (χ3v) is 4.77. The van der Waals surface area contributed by atoms with Crippen LogP contribution in [0.5, 0.6) is 5.75 Å². The van der Waals surface area contributed by atoms with Crippen LogP contribution in [0.3, 0.4) is 0 Å². The first-order chi connectivity index (χ1) is 14.5. The van der Waals surface area contributed by atoms with E-state index in [0.717, 1.165) is 5.69 Å². The van der Waals surface area contributed by atoms with Gasteiger partial charge in [0.2, 0.25) is 0 Å². The minimum atomic E-state index is -3.00. The van der Waals surface area contributed by atoms with Crippen LogP contribution in [-0.4, -0.2) is 42.9 Å². The SMILES string of the molecule is FC(F)Oc1cccn2nc([C@@H]3c4nc[nH]c4CCN3c3nnc(C(F)F)o3)cc12. The quantitative estimate of drug-likeness (QED) is 0.493. The molecule has 0 saturated carbocycles. The van der Waals surface area contributed by atoms with Crippen molar-refractivity contribution in [3.63, 3.8) is 0 Å². The van der Waals surface area contributed by atoms with Crippen LogP contribution >= 0.6 is 0 Å². The molecule has 1 aliphatic rings. The number of anilines is 1. The van der Waals surface area contributed by atoms with Gasteiger partial charge >= 0.3 is 19.1 Å². The molecule has 156 valence electrons. The molecular formula is C17H13F4N7O2. The molecule has 1 aliphatic heterocycles. The molecule has 0 aromatic carbocycles. The number of nitrogens with one attached hydrogen (secondary N) is 1. The Kier molecular flexibility index (Phi) is 4.29. The number of aromatic amines is 1. The molecule has 0 aliphatic carbocycles. The third kappa shape index (κ3) is 3.02. The van der Waals surface area contributed by atoms with E-state index in [-0.39, 0.29) is 11.8 Å². The third-order valence-electron chi connectivity index (χ3n) is 4.77. The van der Waals surface area contributed by atoms with Crippen LogP contribution in [0.4, 0.5) is 23.6 Å². The molecule has 5 rings (SSSR count). The van der Waals surface area contributed by atoms with E-state index in [9.17, 15) is 17.6 Å². The molecular weight excluding hydrogens is 410 g/mol. The second kappa shape index (κ2) is 7.00. The maximum Gasteiger partial charge on any atom is 0.387 e. The fourth-order valence-electron chi connectivity index (χ4n) is 3.55. The molecule has 4 aromatic heterocycles. The van der Waals surface area contributed by atoms with Crippen molar-refractivity contribution in [3.05, 3.63) is 53.7 Å². The number of alkyl halides is 4. The topological polar surface area (TPSA) is 97.4 Å². The standard InChI is InChI=1S/C17H13F4N7O2/c18-14(19)15-24-25-17(30-15)27-5-3-8-12(23-7-22-8)13(27)9-6-10-11(29-16(20)21)2-1-4-28(10)26-9/h1-2,4,6-7,13-14,16H,3,5H2,(H,22,23)/t13-/m1/s1. The highest BCUT2D eigenvalue weighted by atomic mass is 19.3. The van der Waals surface area contributed by atoms with Gasteiger partial charge in [-0.2, -0.15) is 22.7 Å². The summed E-state index contributed by atoms with van der Waals surface area (Å²) in [5.41, 5.74) is 2.17. The zero-order chi connectivity index (χ0) is 20.8. The van der Waals surface area contributed by atoms with Crippen molar-refractivity contribution in [1.29, 1.82) is 0 Å². The minimum absolute atomic E-state index is 0.0476. The number of aromatic nitrogens is 6. The molecule has 0 unspecified atom stereocenters. The van der Waals surface area contributed by atoms with Crippen molar-refractivity contribution in [2.24, 2.45) is 0 Å². The van der Waals surface area contributed by atoms with E-state index in [1.54, 1.807) is 17.2 Å². The van der Waals surface area contributed by atoms with Gasteiger partial charge in [-0.15, -0.1) is 5.10 Å². The van der Waals surface area contributed by atoms with E-state index in [0.29, 0.717) is 29.9 Å². The lowest BCUT2D eigenvalue weighted by molar-refractivity contribution is -0.0490. The average molecular weight is 423 g/mol. The Labute approximate surface area is 165 Å². The van der Waals surface area contributed by atoms with Gasteiger partial charge in [-0.05, 0) is 18.2 Å². The first kappa shape index (κ1) is 18.4. The fourth-order valence-corrected chi connectivity index (χ4v) is 3.55. The van der Waals surface area contributed by atoms with Gasteiger partial charge in [0.15, 0.2) is 5.75 Å². The van der Waals surface area contributed by atoms with E-state index in [2.05, 4.69) is 30.0 Å². The molecule has 0 bridgehead atoms. The Balaban J connectivity index is 1.62. The molecule has 13 heteroatoms. The lowest BCUT2D eigenvalue weighted by atomic mass is 10.0. The van der Waals surface area contributed by atoms with Gasteiger partial charge in [0.05, 0.1) is 17.7 Å². The predicted molar refractivity (Wildman–Crippen MR) is 92.6 cm³/mol. The summed E-state index contributed by atoms with van der Waals surface area (Å²) in [5.74, 6) is -0.840. The smallest absolute Gasteiger partial charge is 0.387 e. The molecule has 0 radical (unpaired) electrons. The summed E-state index contributed by atoms with van der Waals surface area (Å²) in [6.45, 7) is -2.64. The van der Waals surface area contributed by atoms with Crippen molar-refractivity contribution >= 4 is 11.5 Å². The van der Waals surface area contributed by atoms with Gasteiger partial charge in [-0.3, -0.25) is 0 Å². The molecule has 0 fully saturated rings. The number of hydrogen-bond acceptors (Lipinski definition) is 7. The first-order valence-corrected chi connectivity index (χ1v) is 8.84. The average Bonchev–Trinajstić information content (AvgIpc) is 3.45. The Morgan fingerprint density at radius 2 is 2.10 bits per heavy atom. The molecule has 5 heterocycles. The number of ether oxygens (including phenoxy) is 1. The van der Waals surface area contributed by atoms with Crippen LogP contribution in [0.15, 0.2) is 35.1 Å². The Morgan fingerprint density at radius 1 is 1.23 bits per heavy atom. The molecule has 0 saturated heterocycles. The van der Waals surface area contributed by atoms with Crippen LogP contribution in [0, 0.1) is 0 Å². The zero-order valence-electron chi connectivity index (χ0n) is 15.0.